The number of benzene rings is 1. The fraction of sp³-hybridized carbons (Fsp3) is 0.333. The Morgan fingerprint density at radius 3 is 2.75 bits per heavy atom. The van der Waals surface area contributed by atoms with Gasteiger partial charge in [-0.15, -0.1) is 0 Å². The van der Waals surface area contributed by atoms with Gasteiger partial charge in [-0.3, -0.25) is 0 Å². The van der Waals surface area contributed by atoms with E-state index < -0.39 is 6.10 Å². The molecule has 1 aromatic rings. The van der Waals surface area contributed by atoms with Gasteiger partial charge in [-0.05, 0) is 12.1 Å². The monoisotopic (exact) mass is 285 g/mol. The van der Waals surface area contributed by atoms with Crippen LogP contribution in [0.4, 0.5) is 0 Å². The van der Waals surface area contributed by atoms with Gasteiger partial charge in [0.2, 0.25) is 0 Å². The number of nitrogens with one attached hydrogen (secondary N) is 1. The summed E-state index contributed by atoms with van der Waals surface area (Å²) in [5, 5.41) is 12.6. The molecule has 0 aliphatic rings. The van der Waals surface area contributed by atoms with Crippen LogP contribution in [0.25, 0.3) is 0 Å². The minimum absolute atomic E-state index is 0.284. The van der Waals surface area contributed by atoms with E-state index in [-0.39, 0.29) is 6.61 Å². The Labute approximate surface area is 104 Å². The van der Waals surface area contributed by atoms with Gasteiger partial charge in [-0.25, -0.2) is 0 Å². The number of ether oxygens (including phenoxy) is 1. The number of hydrogen-bond donors (Lipinski definition) is 2. The van der Waals surface area contributed by atoms with E-state index in [0.29, 0.717) is 13.1 Å². The highest BCUT2D eigenvalue weighted by atomic mass is 79.9. The summed E-state index contributed by atoms with van der Waals surface area (Å²) >= 11 is 3.23. The van der Waals surface area contributed by atoms with Crippen molar-refractivity contribution in [1.29, 1.82) is 0 Å². The van der Waals surface area contributed by atoms with Gasteiger partial charge in [0.1, 0.15) is 18.5 Å². The van der Waals surface area contributed by atoms with Crippen molar-refractivity contribution in [3.63, 3.8) is 0 Å². The normalized spacial score (nSPS) is 12.1. The first-order chi connectivity index (χ1) is 7.68. The predicted molar refractivity (Wildman–Crippen MR) is 68.9 cm³/mol. The third-order valence-electron chi connectivity index (χ3n) is 1.88. The molecule has 3 nitrogen and oxygen atoms in total. The van der Waals surface area contributed by atoms with Crippen molar-refractivity contribution in [2.75, 3.05) is 19.7 Å². The summed E-state index contributed by atoms with van der Waals surface area (Å²) in [6.45, 7) is 5.10. The van der Waals surface area contributed by atoms with Gasteiger partial charge in [0.15, 0.2) is 0 Å². The SMILES string of the molecule is C=C(Br)CNCC(O)COc1ccccc1. The third kappa shape index (κ3) is 5.90. The van der Waals surface area contributed by atoms with E-state index in [0.717, 1.165) is 10.2 Å². The van der Waals surface area contributed by atoms with Crippen LogP contribution >= 0.6 is 15.9 Å². The van der Waals surface area contributed by atoms with Crippen molar-refractivity contribution in [3.8, 4) is 5.75 Å². The molecule has 0 aliphatic carbocycles. The Morgan fingerprint density at radius 2 is 2.12 bits per heavy atom. The summed E-state index contributed by atoms with van der Waals surface area (Å²) in [6.07, 6.45) is -0.521. The van der Waals surface area contributed by atoms with E-state index in [1.165, 1.54) is 0 Å². The number of rotatable bonds is 7. The van der Waals surface area contributed by atoms with E-state index in [1.54, 1.807) is 0 Å². The summed E-state index contributed by atoms with van der Waals surface area (Å²) in [5.41, 5.74) is 0. The lowest BCUT2D eigenvalue weighted by molar-refractivity contribution is 0.107. The van der Waals surface area contributed by atoms with E-state index >= 15 is 0 Å². The molecule has 1 atom stereocenters. The van der Waals surface area contributed by atoms with Crippen LogP contribution in [0, 0.1) is 0 Å². The van der Waals surface area contributed by atoms with Crippen molar-refractivity contribution in [3.05, 3.63) is 41.4 Å². The summed E-state index contributed by atoms with van der Waals surface area (Å²) in [4.78, 5) is 0. The molecule has 2 N–H and O–H groups in total. The first-order valence-corrected chi connectivity index (χ1v) is 5.87. The second kappa shape index (κ2) is 7.44. The minimum atomic E-state index is -0.521. The molecule has 0 spiro atoms. The molecule has 0 saturated carbocycles. The van der Waals surface area contributed by atoms with Gasteiger partial charge in [0.05, 0.1) is 0 Å². The van der Waals surface area contributed by atoms with Crippen LogP contribution < -0.4 is 10.1 Å². The topological polar surface area (TPSA) is 41.5 Å². The van der Waals surface area contributed by atoms with Crippen LogP contribution in [0.3, 0.4) is 0 Å². The average Bonchev–Trinajstić information content (AvgIpc) is 2.27. The molecule has 0 radical (unpaired) electrons. The smallest absolute Gasteiger partial charge is 0.119 e. The fourth-order valence-corrected chi connectivity index (χ4v) is 1.34. The largest absolute Gasteiger partial charge is 0.491 e. The molecule has 0 aromatic heterocycles. The molecule has 4 heteroatoms. The van der Waals surface area contributed by atoms with Crippen molar-refractivity contribution in [2.45, 2.75) is 6.10 Å². The van der Waals surface area contributed by atoms with Gasteiger partial charge in [-0.1, -0.05) is 40.7 Å². The van der Waals surface area contributed by atoms with Crippen LogP contribution in [0.15, 0.2) is 41.4 Å². The van der Waals surface area contributed by atoms with E-state index in [9.17, 15) is 5.11 Å². The number of aliphatic hydroxyl groups excluding tert-OH is 1. The van der Waals surface area contributed by atoms with Crippen molar-refractivity contribution >= 4 is 15.9 Å². The number of halogens is 1. The zero-order valence-electron chi connectivity index (χ0n) is 9.03. The van der Waals surface area contributed by atoms with Gasteiger partial charge in [-0.2, -0.15) is 0 Å². The Balaban J connectivity index is 2.15. The van der Waals surface area contributed by atoms with E-state index in [1.807, 2.05) is 30.3 Å². The molecule has 0 heterocycles. The predicted octanol–water partition coefficient (Wildman–Crippen LogP) is 1.92. The Bertz CT molecular complexity index is 316. The number of aliphatic hydroxyl groups is 1. The highest BCUT2D eigenvalue weighted by Gasteiger charge is 2.04. The fourth-order valence-electron chi connectivity index (χ4n) is 1.14. The summed E-state index contributed by atoms with van der Waals surface area (Å²) in [5.74, 6) is 0.770. The molecule has 0 amide bonds. The van der Waals surface area contributed by atoms with Crippen LogP contribution in [0.2, 0.25) is 0 Å². The van der Waals surface area contributed by atoms with Gasteiger partial charge < -0.3 is 15.2 Å². The lowest BCUT2D eigenvalue weighted by Gasteiger charge is -2.12. The molecule has 1 unspecified atom stereocenters. The van der Waals surface area contributed by atoms with Crippen molar-refractivity contribution in [2.24, 2.45) is 0 Å². The van der Waals surface area contributed by atoms with Crippen LogP contribution in [0.1, 0.15) is 0 Å². The molecule has 0 aliphatic heterocycles. The molecule has 1 aromatic carbocycles. The molecule has 0 bridgehead atoms. The maximum atomic E-state index is 9.59. The van der Waals surface area contributed by atoms with Gasteiger partial charge in [0, 0.05) is 17.6 Å². The maximum Gasteiger partial charge on any atom is 0.119 e. The molecule has 0 fully saturated rings. The average molecular weight is 286 g/mol. The van der Waals surface area contributed by atoms with E-state index in [2.05, 4.69) is 27.8 Å². The standard InChI is InChI=1S/C12H16BrNO2/c1-10(13)7-14-8-11(15)9-16-12-5-3-2-4-6-12/h2-6,11,14-15H,1,7-9H2. The quantitative estimate of drug-likeness (QED) is 0.804. The van der Waals surface area contributed by atoms with E-state index in [4.69, 9.17) is 4.74 Å². The Kier molecular flexibility index (Phi) is 6.15. The third-order valence-corrected chi connectivity index (χ3v) is 2.16. The lowest BCUT2D eigenvalue weighted by atomic mass is 10.3. The summed E-state index contributed by atoms with van der Waals surface area (Å²) in [6, 6.07) is 9.44. The van der Waals surface area contributed by atoms with Crippen molar-refractivity contribution < 1.29 is 9.84 Å². The first-order valence-electron chi connectivity index (χ1n) is 5.08. The highest BCUT2D eigenvalue weighted by Crippen LogP contribution is 2.08. The van der Waals surface area contributed by atoms with Crippen LogP contribution in [-0.4, -0.2) is 30.9 Å². The molecule has 16 heavy (non-hydrogen) atoms. The molecule has 88 valence electrons. The molecular formula is C12H16BrNO2. The van der Waals surface area contributed by atoms with Crippen LogP contribution in [0.5, 0.6) is 5.75 Å². The Hall–Kier alpha value is -0.840. The van der Waals surface area contributed by atoms with Gasteiger partial charge in [0.25, 0.3) is 0 Å². The zero-order valence-corrected chi connectivity index (χ0v) is 10.6. The molecule has 1 rings (SSSR count). The van der Waals surface area contributed by atoms with Crippen molar-refractivity contribution in [1.82, 2.24) is 5.32 Å². The summed E-state index contributed by atoms with van der Waals surface area (Å²) in [7, 11) is 0. The number of hydrogen-bond acceptors (Lipinski definition) is 3. The maximum absolute atomic E-state index is 9.59. The first kappa shape index (κ1) is 13.2. The van der Waals surface area contributed by atoms with Crippen LogP contribution in [-0.2, 0) is 0 Å². The highest BCUT2D eigenvalue weighted by molar-refractivity contribution is 9.11. The second-order valence-corrected chi connectivity index (χ2v) is 4.55. The minimum Gasteiger partial charge on any atom is -0.491 e. The molecule has 0 saturated heterocycles. The zero-order chi connectivity index (χ0) is 11.8. The Morgan fingerprint density at radius 1 is 1.44 bits per heavy atom. The summed E-state index contributed by atoms with van der Waals surface area (Å²) < 4.78 is 6.27. The molecular weight excluding hydrogens is 270 g/mol. The van der Waals surface area contributed by atoms with Gasteiger partial charge >= 0.3 is 0 Å². The second-order valence-electron chi connectivity index (χ2n) is 3.43. The number of para-hydroxylation sites is 1. The lowest BCUT2D eigenvalue weighted by Crippen LogP contribution is -2.31.